The molecule has 0 radical (unpaired) electrons. The molecule has 2 amide bonds. The lowest BCUT2D eigenvalue weighted by atomic mass is 10.1. The topological polar surface area (TPSA) is 101 Å². The zero-order valence-corrected chi connectivity index (χ0v) is 14.7. The average molecular weight is 370 g/mol. The van der Waals surface area contributed by atoms with Gasteiger partial charge in [-0.3, -0.25) is 14.4 Å². The van der Waals surface area contributed by atoms with Gasteiger partial charge in [0.2, 0.25) is 11.8 Å². The Balaban J connectivity index is 1.72. The van der Waals surface area contributed by atoms with Crippen molar-refractivity contribution in [2.75, 3.05) is 10.7 Å². The summed E-state index contributed by atoms with van der Waals surface area (Å²) in [5.41, 5.74) is 8.02. The van der Waals surface area contributed by atoms with Gasteiger partial charge in [-0.15, -0.1) is 11.8 Å². The standard InChI is InChI=1S/C19H18N2O4S/c20-15(19(24)25)11-26-16-10-17(22)21(18(16)23)14-8-6-13(7-9-14)12-4-2-1-3-5-12/h1-9,15-16H,10-11,20H2,(H,24,25). The first-order chi connectivity index (χ1) is 12.5. The lowest BCUT2D eigenvalue weighted by Gasteiger charge is -2.16. The number of amides is 2. The molecule has 2 aromatic rings. The number of thioether (sulfide) groups is 1. The molecule has 3 N–H and O–H groups in total. The van der Waals surface area contributed by atoms with Crippen LogP contribution in [0, 0.1) is 0 Å². The van der Waals surface area contributed by atoms with E-state index in [9.17, 15) is 14.4 Å². The number of benzene rings is 2. The Morgan fingerprint density at radius 1 is 1.12 bits per heavy atom. The summed E-state index contributed by atoms with van der Waals surface area (Å²) in [7, 11) is 0. The predicted molar refractivity (Wildman–Crippen MR) is 101 cm³/mol. The molecule has 7 heteroatoms. The maximum Gasteiger partial charge on any atom is 0.321 e. The van der Waals surface area contributed by atoms with Crippen LogP contribution in [0.2, 0.25) is 0 Å². The van der Waals surface area contributed by atoms with Crippen LogP contribution in [-0.2, 0) is 14.4 Å². The third-order valence-electron chi connectivity index (χ3n) is 4.13. The second kappa shape index (κ2) is 7.72. The summed E-state index contributed by atoms with van der Waals surface area (Å²) in [6, 6.07) is 16.0. The van der Waals surface area contributed by atoms with Gasteiger partial charge in [-0.25, -0.2) is 4.90 Å². The zero-order valence-electron chi connectivity index (χ0n) is 13.9. The van der Waals surface area contributed by atoms with Crippen molar-refractivity contribution in [1.29, 1.82) is 0 Å². The second-order valence-corrected chi connectivity index (χ2v) is 7.19. The van der Waals surface area contributed by atoms with E-state index in [0.29, 0.717) is 5.69 Å². The van der Waals surface area contributed by atoms with E-state index in [2.05, 4.69) is 0 Å². The second-order valence-electron chi connectivity index (χ2n) is 5.95. The van der Waals surface area contributed by atoms with Crippen LogP contribution in [0.4, 0.5) is 5.69 Å². The summed E-state index contributed by atoms with van der Waals surface area (Å²) in [4.78, 5) is 36.8. The van der Waals surface area contributed by atoms with E-state index in [4.69, 9.17) is 10.8 Å². The molecule has 1 aliphatic rings. The fourth-order valence-corrected chi connectivity index (χ4v) is 3.82. The van der Waals surface area contributed by atoms with Crippen LogP contribution in [0.3, 0.4) is 0 Å². The molecule has 2 unspecified atom stereocenters. The van der Waals surface area contributed by atoms with Gasteiger partial charge >= 0.3 is 5.97 Å². The van der Waals surface area contributed by atoms with Gasteiger partial charge in [0, 0.05) is 12.2 Å². The Bertz CT molecular complexity index is 823. The van der Waals surface area contributed by atoms with Crippen molar-refractivity contribution in [1.82, 2.24) is 0 Å². The van der Waals surface area contributed by atoms with Gasteiger partial charge < -0.3 is 10.8 Å². The minimum Gasteiger partial charge on any atom is -0.480 e. The minimum absolute atomic E-state index is 0.0519. The van der Waals surface area contributed by atoms with Crippen LogP contribution in [0.5, 0.6) is 0 Å². The lowest BCUT2D eigenvalue weighted by molar-refractivity contribution is -0.138. The van der Waals surface area contributed by atoms with Gasteiger partial charge in [0.25, 0.3) is 0 Å². The number of aliphatic carboxylic acids is 1. The number of nitrogens with zero attached hydrogens (tertiary/aromatic N) is 1. The van der Waals surface area contributed by atoms with Gasteiger partial charge in [0.15, 0.2) is 0 Å². The third kappa shape index (κ3) is 3.79. The Hall–Kier alpha value is -2.64. The molecule has 6 nitrogen and oxygen atoms in total. The predicted octanol–water partition coefficient (Wildman–Crippen LogP) is 2.13. The van der Waals surface area contributed by atoms with Crippen molar-refractivity contribution in [3.63, 3.8) is 0 Å². The molecule has 2 aromatic carbocycles. The summed E-state index contributed by atoms with van der Waals surface area (Å²) >= 11 is 1.11. The Morgan fingerprint density at radius 2 is 1.73 bits per heavy atom. The third-order valence-corrected chi connectivity index (χ3v) is 5.45. The first-order valence-corrected chi connectivity index (χ1v) is 9.14. The number of hydrogen-bond donors (Lipinski definition) is 2. The summed E-state index contributed by atoms with van der Waals surface area (Å²) < 4.78 is 0. The molecule has 0 spiro atoms. The summed E-state index contributed by atoms with van der Waals surface area (Å²) in [6.45, 7) is 0. The molecule has 1 saturated heterocycles. The van der Waals surface area contributed by atoms with Crippen LogP contribution in [-0.4, -0.2) is 39.9 Å². The number of hydrogen-bond acceptors (Lipinski definition) is 5. The van der Waals surface area contributed by atoms with E-state index >= 15 is 0 Å². The van der Waals surface area contributed by atoms with Crippen molar-refractivity contribution in [3.05, 3.63) is 54.6 Å². The van der Waals surface area contributed by atoms with Gasteiger partial charge in [0.1, 0.15) is 6.04 Å². The van der Waals surface area contributed by atoms with Crippen molar-refractivity contribution in [3.8, 4) is 11.1 Å². The molecule has 2 atom stereocenters. The van der Waals surface area contributed by atoms with Crippen LogP contribution < -0.4 is 10.6 Å². The average Bonchev–Trinajstić information content (AvgIpc) is 2.94. The molecule has 1 heterocycles. The first kappa shape index (κ1) is 18.2. The van der Waals surface area contributed by atoms with Gasteiger partial charge in [-0.05, 0) is 23.3 Å². The number of nitrogens with two attached hydrogens (primary N) is 1. The smallest absolute Gasteiger partial charge is 0.321 e. The summed E-state index contributed by atoms with van der Waals surface area (Å²) in [6.07, 6.45) is 0.0519. The van der Waals surface area contributed by atoms with E-state index in [1.165, 1.54) is 4.90 Å². The lowest BCUT2D eigenvalue weighted by Crippen LogP contribution is -2.35. The highest BCUT2D eigenvalue weighted by molar-refractivity contribution is 8.00. The molecule has 1 aliphatic heterocycles. The SMILES string of the molecule is NC(CSC1CC(=O)N(c2ccc(-c3ccccc3)cc2)C1=O)C(=O)O. The minimum atomic E-state index is -1.12. The van der Waals surface area contributed by atoms with Crippen molar-refractivity contribution in [2.45, 2.75) is 17.7 Å². The van der Waals surface area contributed by atoms with Crippen LogP contribution in [0.15, 0.2) is 54.6 Å². The molecule has 1 fully saturated rings. The zero-order chi connectivity index (χ0) is 18.7. The number of carboxylic acids is 1. The Morgan fingerprint density at radius 3 is 2.35 bits per heavy atom. The Labute approximate surface area is 155 Å². The number of carboxylic acid groups (broad SMARTS) is 1. The normalized spacial score (nSPS) is 18.2. The molecule has 134 valence electrons. The van der Waals surface area contributed by atoms with Gasteiger partial charge in [-0.2, -0.15) is 0 Å². The van der Waals surface area contributed by atoms with E-state index in [0.717, 1.165) is 22.9 Å². The molecular formula is C19H18N2O4S. The van der Waals surface area contributed by atoms with Crippen molar-refractivity contribution in [2.24, 2.45) is 5.73 Å². The molecular weight excluding hydrogens is 352 g/mol. The highest BCUT2D eigenvalue weighted by Crippen LogP contribution is 2.31. The van der Waals surface area contributed by atoms with Gasteiger partial charge in [0.05, 0.1) is 10.9 Å². The van der Waals surface area contributed by atoms with Crippen LogP contribution in [0.25, 0.3) is 11.1 Å². The largest absolute Gasteiger partial charge is 0.480 e. The Kier molecular flexibility index (Phi) is 5.39. The molecule has 0 aliphatic carbocycles. The van der Waals surface area contributed by atoms with Crippen molar-refractivity contribution >= 4 is 35.2 Å². The summed E-state index contributed by atoms with van der Waals surface area (Å²) in [5, 5.41) is 8.23. The highest BCUT2D eigenvalue weighted by Gasteiger charge is 2.40. The van der Waals surface area contributed by atoms with Crippen LogP contribution in [0.1, 0.15) is 6.42 Å². The summed E-state index contributed by atoms with van der Waals surface area (Å²) in [5.74, 6) is -1.66. The van der Waals surface area contributed by atoms with E-state index in [1.807, 2.05) is 42.5 Å². The molecule has 0 bridgehead atoms. The fourth-order valence-electron chi connectivity index (χ4n) is 2.73. The first-order valence-electron chi connectivity index (χ1n) is 8.09. The van der Waals surface area contributed by atoms with E-state index < -0.39 is 17.3 Å². The molecule has 0 aromatic heterocycles. The number of carbonyl (C=O) groups is 3. The van der Waals surface area contributed by atoms with Gasteiger partial charge in [-0.1, -0.05) is 42.5 Å². The monoisotopic (exact) mass is 370 g/mol. The number of rotatable bonds is 6. The molecule has 26 heavy (non-hydrogen) atoms. The van der Waals surface area contributed by atoms with E-state index in [-0.39, 0.29) is 24.0 Å². The van der Waals surface area contributed by atoms with E-state index in [1.54, 1.807) is 12.1 Å². The highest BCUT2D eigenvalue weighted by atomic mass is 32.2. The molecule has 0 saturated carbocycles. The maximum atomic E-state index is 12.5. The maximum absolute atomic E-state index is 12.5. The van der Waals surface area contributed by atoms with Crippen LogP contribution >= 0.6 is 11.8 Å². The quantitative estimate of drug-likeness (QED) is 0.756. The number of carbonyl (C=O) groups excluding carboxylic acids is 2. The number of imide groups is 1. The number of anilines is 1. The van der Waals surface area contributed by atoms with Crippen molar-refractivity contribution < 1.29 is 19.5 Å². The fraction of sp³-hybridized carbons (Fsp3) is 0.211. The molecule has 3 rings (SSSR count).